The molecule has 0 saturated heterocycles. The van der Waals surface area contributed by atoms with Crippen LogP contribution in [0, 0.1) is 17.3 Å². The molecular formula is C30H41NO4. The lowest BCUT2D eigenvalue weighted by molar-refractivity contribution is -0.146. The van der Waals surface area contributed by atoms with Gasteiger partial charge in [-0.3, -0.25) is 4.79 Å². The van der Waals surface area contributed by atoms with Crippen LogP contribution in [0.2, 0.25) is 0 Å². The Kier molecular flexibility index (Phi) is 9.76. The van der Waals surface area contributed by atoms with Gasteiger partial charge in [0.1, 0.15) is 11.8 Å². The Bertz CT molecular complexity index is 927. The molecule has 2 aromatic rings. The summed E-state index contributed by atoms with van der Waals surface area (Å²) in [5, 5.41) is 2.98. The molecule has 1 aliphatic rings. The van der Waals surface area contributed by atoms with Gasteiger partial charge in [-0.15, -0.1) is 0 Å². The number of methoxy groups -OCH3 is 1. The lowest BCUT2D eigenvalue weighted by Crippen LogP contribution is -2.48. The third-order valence-corrected chi connectivity index (χ3v) is 7.02. The average Bonchev–Trinajstić information content (AvgIpc) is 2.86. The van der Waals surface area contributed by atoms with Crippen LogP contribution in [-0.4, -0.2) is 31.6 Å². The zero-order chi connectivity index (χ0) is 25.3. The lowest BCUT2D eigenvalue weighted by atomic mass is 9.76. The molecule has 35 heavy (non-hydrogen) atoms. The second-order valence-electron chi connectivity index (χ2n) is 10.9. The zero-order valence-corrected chi connectivity index (χ0v) is 21.7. The highest BCUT2D eigenvalue weighted by molar-refractivity contribution is 5.86. The minimum Gasteiger partial charge on any atom is -0.493 e. The molecule has 0 aromatic heterocycles. The summed E-state index contributed by atoms with van der Waals surface area (Å²) < 4.78 is 11.0. The molecule has 0 heterocycles. The van der Waals surface area contributed by atoms with Crippen molar-refractivity contribution in [3.63, 3.8) is 0 Å². The third kappa shape index (κ3) is 8.41. The van der Waals surface area contributed by atoms with Crippen LogP contribution < -0.4 is 10.1 Å². The van der Waals surface area contributed by atoms with Gasteiger partial charge in [-0.2, -0.15) is 0 Å². The highest BCUT2D eigenvalue weighted by Crippen LogP contribution is 2.30. The van der Waals surface area contributed by atoms with Crippen LogP contribution in [0.15, 0.2) is 54.6 Å². The van der Waals surface area contributed by atoms with Crippen LogP contribution >= 0.6 is 0 Å². The molecule has 1 amide bonds. The van der Waals surface area contributed by atoms with E-state index in [1.807, 2.05) is 54.6 Å². The second kappa shape index (κ2) is 12.8. The molecule has 0 spiro atoms. The van der Waals surface area contributed by atoms with Crippen LogP contribution in [0.3, 0.4) is 0 Å². The molecule has 1 N–H and O–H groups in total. The molecule has 0 radical (unpaired) electrons. The van der Waals surface area contributed by atoms with E-state index < -0.39 is 12.0 Å². The van der Waals surface area contributed by atoms with Crippen molar-refractivity contribution in [3.05, 3.63) is 65.7 Å². The number of hydrogen-bond donors (Lipinski definition) is 1. The summed E-state index contributed by atoms with van der Waals surface area (Å²) in [5.74, 6) is 0.628. The second-order valence-corrected chi connectivity index (χ2v) is 10.9. The van der Waals surface area contributed by atoms with E-state index >= 15 is 0 Å². The number of rotatable bonds is 10. The molecule has 0 aliphatic heterocycles. The smallest absolute Gasteiger partial charge is 0.328 e. The molecule has 1 fully saturated rings. The van der Waals surface area contributed by atoms with Crippen molar-refractivity contribution in [1.29, 1.82) is 0 Å². The van der Waals surface area contributed by atoms with Gasteiger partial charge in [-0.1, -0.05) is 82.5 Å². The number of hydrogen-bond acceptors (Lipinski definition) is 4. The molecule has 1 saturated carbocycles. The predicted octanol–water partition coefficient (Wildman–Crippen LogP) is 5.75. The van der Waals surface area contributed by atoms with Gasteiger partial charge >= 0.3 is 5.97 Å². The Morgan fingerprint density at radius 3 is 2.14 bits per heavy atom. The molecule has 0 bridgehead atoms. The standard InChI is InChI=1S/C30H41NO4/c1-30(2,3)26(19-22-11-7-5-8-12-22)28(32)31-27(29(33)34-4)20-23-15-17-25(18-16-23)35-21-24-13-9-6-10-14-24/h5,7-8,11-12,15-18,24,26-27H,6,9-10,13-14,19-21H2,1-4H3,(H,31,32)/t26-,27-/m0/s1. The Morgan fingerprint density at radius 1 is 0.914 bits per heavy atom. The van der Waals surface area contributed by atoms with E-state index in [4.69, 9.17) is 9.47 Å². The van der Waals surface area contributed by atoms with Crippen LogP contribution in [-0.2, 0) is 27.2 Å². The number of benzene rings is 2. The highest BCUT2D eigenvalue weighted by Gasteiger charge is 2.34. The van der Waals surface area contributed by atoms with E-state index in [-0.39, 0.29) is 17.2 Å². The van der Waals surface area contributed by atoms with E-state index in [0.29, 0.717) is 18.8 Å². The first-order chi connectivity index (χ1) is 16.8. The number of carbonyl (C=O) groups is 2. The van der Waals surface area contributed by atoms with E-state index in [2.05, 4.69) is 26.1 Å². The minimum absolute atomic E-state index is 0.135. The summed E-state index contributed by atoms with van der Waals surface area (Å²) in [6.07, 6.45) is 7.41. The van der Waals surface area contributed by atoms with Gasteiger partial charge in [0.15, 0.2) is 0 Å². The van der Waals surface area contributed by atoms with E-state index in [1.54, 1.807) is 0 Å². The van der Waals surface area contributed by atoms with Gasteiger partial charge in [0.25, 0.3) is 0 Å². The summed E-state index contributed by atoms with van der Waals surface area (Å²) in [7, 11) is 1.36. The summed E-state index contributed by atoms with van der Waals surface area (Å²) in [4.78, 5) is 25.9. The Morgan fingerprint density at radius 2 is 1.54 bits per heavy atom. The van der Waals surface area contributed by atoms with Crippen molar-refractivity contribution in [1.82, 2.24) is 5.32 Å². The molecule has 5 heteroatoms. The molecule has 2 atom stereocenters. The van der Waals surface area contributed by atoms with Crippen LogP contribution in [0.1, 0.15) is 64.0 Å². The van der Waals surface area contributed by atoms with Crippen molar-refractivity contribution >= 4 is 11.9 Å². The monoisotopic (exact) mass is 479 g/mol. The average molecular weight is 480 g/mol. The van der Waals surface area contributed by atoms with Crippen molar-refractivity contribution in [2.24, 2.45) is 17.3 Å². The number of carbonyl (C=O) groups excluding carboxylic acids is 2. The molecule has 2 aromatic carbocycles. The fraction of sp³-hybridized carbons (Fsp3) is 0.533. The van der Waals surface area contributed by atoms with E-state index in [1.165, 1.54) is 39.2 Å². The van der Waals surface area contributed by atoms with E-state index in [0.717, 1.165) is 23.5 Å². The van der Waals surface area contributed by atoms with Gasteiger partial charge in [-0.25, -0.2) is 4.79 Å². The van der Waals surface area contributed by atoms with Crippen molar-refractivity contribution in [3.8, 4) is 5.75 Å². The maximum atomic E-state index is 13.4. The molecule has 190 valence electrons. The van der Waals surface area contributed by atoms with Crippen molar-refractivity contribution in [2.75, 3.05) is 13.7 Å². The number of esters is 1. The first kappa shape index (κ1) is 26.8. The fourth-order valence-electron chi connectivity index (χ4n) is 4.78. The zero-order valence-electron chi connectivity index (χ0n) is 21.7. The van der Waals surface area contributed by atoms with Crippen LogP contribution in [0.5, 0.6) is 5.75 Å². The normalized spacial score (nSPS) is 16.2. The van der Waals surface area contributed by atoms with Gasteiger partial charge in [0, 0.05) is 12.3 Å². The number of ether oxygens (including phenoxy) is 2. The van der Waals surface area contributed by atoms with Crippen LogP contribution in [0.25, 0.3) is 0 Å². The molecule has 3 rings (SSSR count). The first-order valence-corrected chi connectivity index (χ1v) is 12.9. The molecular weight excluding hydrogens is 438 g/mol. The van der Waals surface area contributed by atoms with Gasteiger partial charge in [0.05, 0.1) is 13.7 Å². The van der Waals surface area contributed by atoms with Crippen LogP contribution in [0.4, 0.5) is 0 Å². The quantitative estimate of drug-likeness (QED) is 0.441. The summed E-state index contributed by atoms with van der Waals surface area (Å²) in [6, 6.07) is 17.1. The molecule has 0 unspecified atom stereocenters. The summed E-state index contributed by atoms with van der Waals surface area (Å²) in [6.45, 7) is 6.92. The van der Waals surface area contributed by atoms with Gasteiger partial charge in [-0.05, 0) is 53.9 Å². The lowest BCUT2D eigenvalue weighted by Gasteiger charge is -2.31. The number of amides is 1. The van der Waals surface area contributed by atoms with Gasteiger partial charge in [0.2, 0.25) is 5.91 Å². The van der Waals surface area contributed by atoms with Crippen molar-refractivity contribution in [2.45, 2.75) is 71.8 Å². The molecule has 1 aliphatic carbocycles. The van der Waals surface area contributed by atoms with Crippen molar-refractivity contribution < 1.29 is 19.1 Å². The van der Waals surface area contributed by atoms with Gasteiger partial charge < -0.3 is 14.8 Å². The maximum absolute atomic E-state index is 13.4. The highest BCUT2D eigenvalue weighted by atomic mass is 16.5. The van der Waals surface area contributed by atoms with E-state index in [9.17, 15) is 9.59 Å². The predicted molar refractivity (Wildman–Crippen MR) is 139 cm³/mol. The SMILES string of the molecule is COC(=O)[C@H](Cc1ccc(OCC2CCCCC2)cc1)NC(=O)[C@H](Cc1ccccc1)C(C)(C)C. The molecule has 5 nitrogen and oxygen atoms in total. The Hall–Kier alpha value is -2.82. The fourth-order valence-corrected chi connectivity index (χ4v) is 4.78. The largest absolute Gasteiger partial charge is 0.493 e. The minimum atomic E-state index is -0.748. The summed E-state index contributed by atoms with van der Waals surface area (Å²) in [5.41, 5.74) is 1.78. The first-order valence-electron chi connectivity index (χ1n) is 12.9. The number of nitrogens with one attached hydrogen (secondary N) is 1. The summed E-state index contributed by atoms with van der Waals surface area (Å²) >= 11 is 0. The Balaban J connectivity index is 1.63. The topological polar surface area (TPSA) is 64.6 Å². The maximum Gasteiger partial charge on any atom is 0.328 e. The third-order valence-electron chi connectivity index (χ3n) is 7.02. The Labute approximate surface area is 210 Å².